The van der Waals surface area contributed by atoms with Crippen LogP contribution in [-0.2, 0) is 17.5 Å². The molecule has 1 aliphatic rings. The highest BCUT2D eigenvalue weighted by Gasteiger charge is 2.23. The molecule has 2 rings (SSSR count). The van der Waals surface area contributed by atoms with Gasteiger partial charge in [-0.05, 0) is 18.4 Å². The number of fused-ring (bicyclic) bond motifs is 1. The molecule has 1 heterocycles. The molecule has 5 heteroatoms. The second-order valence-electron chi connectivity index (χ2n) is 3.03. The molecule has 1 aliphatic carbocycles. The van der Waals surface area contributed by atoms with Gasteiger partial charge in [-0.1, -0.05) is 0 Å². The Labute approximate surface area is 77.6 Å². The Balaban J connectivity index is 2.53. The topological polar surface area (TPSA) is 70.2 Å². The monoisotopic (exact) mass is 199 g/mol. The Morgan fingerprint density at radius 2 is 2.23 bits per heavy atom. The number of H-pyrrole nitrogens is 1. The third kappa shape index (κ3) is 1.34. The molecular weight excluding hydrogens is 190 g/mol. The molecule has 0 radical (unpaired) electrons. The van der Waals surface area contributed by atoms with Gasteiger partial charge in [-0.15, -0.1) is 0 Å². The first kappa shape index (κ1) is 8.65. The average Bonchev–Trinajstić information content (AvgIpc) is 2.48. The number of nitrogens with one attached hydrogen (secondary N) is 1. The van der Waals surface area contributed by atoms with Crippen molar-refractivity contribution in [3.05, 3.63) is 17.5 Å². The van der Waals surface area contributed by atoms with Gasteiger partial charge < -0.3 is 9.54 Å². The summed E-state index contributed by atoms with van der Waals surface area (Å²) >= 11 is -1.99. The van der Waals surface area contributed by atoms with E-state index >= 15 is 0 Å². The summed E-state index contributed by atoms with van der Waals surface area (Å²) in [5.41, 5.74) is 1.24. The largest absolute Gasteiger partial charge is 0.357 e. The molecule has 0 saturated heterocycles. The smallest absolute Gasteiger partial charge is 0.188 e. The summed E-state index contributed by atoms with van der Waals surface area (Å²) in [6.07, 6.45) is 3.47. The normalized spacial score (nSPS) is 18.4. The lowest BCUT2D eigenvalue weighted by molar-refractivity contribution is 0.0968. The molecule has 0 saturated carbocycles. The summed E-state index contributed by atoms with van der Waals surface area (Å²) < 4.78 is 19.7. The van der Waals surface area contributed by atoms with Crippen LogP contribution in [0.25, 0.3) is 0 Å². The third-order valence-corrected chi connectivity index (χ3v) is 2.98. The van der Waals surface area contributed by atoms with Gasteiger partial charge in [-0.3, -0.25) is 4.79 Å². The summed E-state index contributed by atoms with van der Waals surface area (Å²) in [7, 11) is 0. The number of ketones is 1. The molecule has 0 spiro atoms. The van der Waals surface area contributed by atoms with Crippen LogP contribution in [0, 0.1) is 0 Å². The highest BCUT2D eigenvalue weighted by Crippen LogP contribution is 2.25. The van der Waals surface area contributed by atoms with E-state index in [1.165, 1.54) is 6.20 Å². The zero-order valence-electron chi connectivity index (χ0n) is 6.87. The van der Waals surface area contributed by atoms with E-state index in [1.807, 2.05) is 0 Å². The van der Waals surface area contributed by atoms with E-state index < -0.39 is 11.1 Å². The van der Waals surface area contributed by atoms with Crippen molar-refractivity contribution >= 4 is 16.9 Å². The van der Waals surface area contributed by atoms with Gasteiger partial charge in [0.1, 0.15) is 0 Å². The highest BCUT2D eigenvalue weighted by molar-refractivity contribution is 7.79. The molecule has 1 aromatic rings. The van der Waals surface area contributed by atoms with Gasteiger partial charge in [-0.25, -0.2) is 4.21 Å². The maximum atomic E-state index is 11.3. The summed E-state index contributed by atoms with van der Waals surface area (Å²) in [5.74, 6) is 0.0398. The molecule has 70 valence electrons. The zero-order chi connectivity index (χ0) is 9.42. The van der Waals surface area contributed by atoms with Gasteiger partial charge in [0.25, 0.3) is 0 Å². The van der Waals surface area contributed by atoms with Crippen LogP contribution in [0.4, 0.5) is 0 Å². The number of Topliss-reactive ketones (excluding diaryl/α,β-unsaturated/α-hetero) is 1. The van der Waals surface area contributed by atoms with Gasteiger partial charge in [0.2, 0.25) is 0 Å². The minimum absolute atomic E-state index is 0.0398. The van der Waals surface area contributed by atoms with E-state index in [-0.39, 0.29) is 5.78 Å². The highest BCUT2D eigenvalue weighted by atomic mass is 32.2. The van der Waals surface area contributed by atoms with Crippen LogP contribution in [0.3, 0.4) is 0 Å². The number of aromatic nitrogens is 1. The predicted molar refractivity (Wildman–Crippen MR) is 47.1 cm³/mol. The van der Waals surface area contributed by atoms with E-state index in [0.717, 1.165) is 12.0 Å². The molecular formula is C8H9NO3S. The van der Waals surface area contributed by atoms with Gasteiger partial charge >= 0.3 is 0 Å². The minimum Gasteiger partial charge on any atom is -0.357 e. The predicted octanol–water partition coefficient (Wildman–Crippen LogP) is 1.11. The second kappa shape index (κ2) is 3.08. The average molecular weight is 199 g/mol. The number of hydrogen-bond donors (Lipinski definition) is 2. The van der Waals surface area contributed by atoms with E-state index in [2.05, 4.69) is 4.98 Å². The van der Waals surface area contributed by atoms with Crippen LogP contribution in [0.1, 0.15) is 28.9 Å². The molecule has 0 aromatic carbocycles. The van der Waals surface area contributed by atoms with Crippen LogP contribution in [0.5, 0.6) is 0 Å². The van der Waals surface area contributed by atoms with Gasteiger partial charge in [0, 0.05) is 12.6 Å². The van der Waals surface area contributed by atoms with Crippen LogP contribution in [-0.4, -0.2) is 19.5 Å². The molecule has 1 atom stereocenters. The Kier molecular flexibility index (Phi) is 2.05. The maximum absolute atomic E-state index is 11.3. The lowest BCUT2D eigenvalue weighted by Gasteiger charge is -2.09. The Bertz CT molecular complexity index is 369. The van der Waals surface area contributed by atoms with Crippen molar-refractivity contribution in [2.75, 3.05) is 0 Å². The lowest BCUT2D eigenvalue weighted by atomic mass is 9.97. The fourth-order valence-corrected chi connectivity index (χ4v) is 2.21. The van der Waals surface area contributed by atoms with E-state index in [1.54, 1.807) is 0 Å². The van der Waals surface area contributed by atoms with Crippen molar-refractivity contribution in [3.8, 4) is 0 Å². The number of carbonyl (C=O) groups excluding carboxylic acids is 1. The molecule has 2 N–H and O–H groups in total. The minimum atomic E-state index is -1.99. The Hall–Kier alpha value is -0.940. The molecule has 1 unspecified atom stereocenters. The molecule has 0 aliphatic heterocycles. The lowest BCUT2D eigenvalue weighted by Crippen LogP contribution is -2.10. The molecule has 4 nitrogen and oxygen atoms in total. The maximum Gasteiger partial charge on any atom is 0.188 e. The zero-order valence-corrected chi connectivity index (χ0v) is 7.69. The van der Waals surface area contributed by atoms with E-state index in [4.69, 9.17) is 4.55 Å². The summed E-state index contributed by atoms with van der Waals surface area (Å²) in [4.78, 5) is 14.4. The van der Waals surface area contributed by atoms with Crippen molar-refractivity contribution in [2.45, 2.75) is 24.2 Å². The second-order valence-corrected chi connectivity index (χ2v) is 3.97. The fourth-order valence-electron chi connectivity index (χ4n) is 1.64. The van der Waals surface area contributed by atoms with Crippen LogP contribution in [0.2, 0.25) is 0 Å². The SMILES string of the molecule is O=C1CCCc2c(S(=O)O)c[nH]c21. The fraction of sp³-hybridized carbons (Fsp3) is 0.375. The van der Waals surface area contributed by atoms with Gasteiger partial charge in [0.05, 0.1) is 10.6 Å². The van der Waals surface area contributed by atoms with Crippen LogP contribution in [0.15, 0.2) is 11.1 Å². The Morgan fingerprint density at radius 1 is 1.46 bits per heavy atom. The Morgan fingerprint density at radius 3 is 2.92 bits per heavy atom. The molecule has 0 fully saturated rings. The first-order valence-corrected chi connectivity index (χ1v) is 5.15. The van der Waals surface area contributed by atoms with Crippen molar-refractivity contribution in [1.82, 2.24) is 4.98 Å². The summed E-state index contributed by atoms with van der Waals surface area (Å²) in [5, 5.41) is 0. The first-order valence-electron chi connectivity index (χ1n) is 4.04. The van der Waals surface area contributed by atoms with Crippen molar-refractivity contribution in [1.29, 1.82) is 0 Å². The summed E-state index contributed by atoms with van der Waals surface area (Å²) in [6, 6.07) is 0. The van der Waals surface area contributed by atoms with Crippen LogP contribution >= 0.6 is 0 Å². The molecule has 1 aromatic heterocycles. The van der Waals surface area contributed by atoms with E-state index in [9.17, 15) is 9.00 Å². The molecule has 0 bridgehead atoms. The summed E-state index contributed by atoms with van der Waals surface area (Å²) in [6.45, 7) is 0. The van der Waals surface area contributed by atoms with E-state index in [0.29, 0.717) is 23.4 Å². The first-order chi connectivity index (χ1) is 6.20. The number of rotatable bonds is 1. The number of carbonyl (C=O) groups is 1. The van der Waals surface area contributed by atoms with Gasteiger partial charge in [0.15, 0.2) is 16.9 Å². The number of hydrogen-bond acceptors (Lipinski definition) is 2. The quantitative estimate of drug-likeness (QED) is 0.666. The number of aromatic amines is 1. The van der Waals surface area contributed by atoms with Crippen LogP contribution < -0.4 is 0 Å². The van der Waals surface area contributed by atoms with Crippen molar-refractivity contribution in [2.24, 2.45) is 0 Å². The molecule has 0 amide bonds. The van der Waals surface area contributed by atoms with Crippen molar-refractivity contribution < 1.29 is 13.6 Å². The third-order valence-electron chi connectivity index (χ3n) is 2.24. The van der Waals surface area contributed by atoms with Gasteiger partial charge in [-0.2, -0.15) is 0 Å². The van der Waals surface area contributed by atoms with Crippen molar-refractivity contribution in [3.63, 3.8) is 0 Å². The standard InChI is InChI=1S/C8H9NO3S/c10-6-3-1-2-5-7(13(11)12)4-9-8(5)6/h4,9H,1-3H2,(H,11,12). The molecule has 13 heavy (non-hydrogen) atoms.